The minimum absolute atomic E-state index is 0.0147. The second-order valence-corrected chi connectivity index (χ2v) is 7.52. The lowest BCUT2D eigenvalue weighted by molar-refractivity contribution is 0.0937. The minimum atomic E-state index is -0.918. The van der Waals surface area contributed by atoms with E-state index in [2.05, 4.69) is 10.3 Å². The molecule has 31 heavy (non-hydrogen) atoms. The van der Waals surface area contributed by atoms with E-state index in [0.717, 1.165) is 11.0 Å². The summed E-state index contributed by atoms with van der Waals surface area (Å²) in [6.45, 7) is 4.10. The van der Waals surface area contributed by atoms with Crippen molar-refractivity contribution < 1.29 is 14.6 Å². The third-order valence-electron chi connectivity index (χ3n) is 5.23. The van der Waals surface area contributed by atoms with Crippen LogP contribution >= 0.6 is 0 Å². The molecule has 0 unspecified atom stereocenters. The van der Waals surface area contributed by atoms with Crippen molar-refractivity contribution in [3.05, 3.63) is 45.1 Å². The monoisotopic (exact) mass is 431 g/mol. The van der Waals surface area contributed by atoms with Crippen LogP contribution in [0.2, 0.25) is 0 Å². The third kappa shape index (κ3) is 4.58. The summed E-state index contributed by atoms with van der Waals surface area (Å²) in [5.74, 6) is 1.72. The molecule has 2 atom stereocenters. The Morgan fingerprint density at radius 3 is 2.39 bits per heavy atom. The third-order valence-corrected chi connectivity index (χ3v) is 5.23. The quantitative estimate of drug-likeness (QED) is 0.522. The molecule has 168 valence electrons. The number of anilines is 1. The normalized spacial score (nSPS) is 13.2. The number of aromatic nitrogens is 4. The molecule has 0 aliphatic rings. The molecule has 0 aliphatic carbocycles. The molecule has 0 amide bonds. The average Bonchev–Trinajstić information content (AvgIpc) is 3.12. The minimum Gasteiger partial charge on any atom is -0.497 e. The highest BCUT2D eigenvalue weighted by molar-refractivity contribution is 5.74. The predicted molar refractivity (Wildman–Crippen MR) is 118 cm³/mol. The van der Waals surface area contributed by atoms with E-state index in [9.17, 15) is 14.7 Å². The van der Waals surface area contributed by atoms with Crippen molar-refractivity contribution in [1.29, 1.82) is 0 Å². The first-order chi connectivity index (χ1) is 14.8. The van der Waals surface area contributed by atoms with Gasteiger partial charge in [0, 0.05) is 20.1 Å². The predicted octanol–water partition coefficient (Wildman–Crippen LogP) is 1.09. The number of nitrogens with zero attached hydrogens (tertiary/aromatic N) is 4. The molecule has 2 aromatic heterocycles. The average molecular weight is 431 g/mol. The number of nitrogens with one attached hydrogen (secondary N) is 1. The van der Waals surface area contributed by atoms with Gasteiger partial charge in [0.2, 0.25) is 5.95 Å². The molecule has 0 saturated carbocycles. The molecule has 3 aromatic rings. The number of methoxy groups -OCH3 is 1. The number of aryl methyl sites for hydroxylation is 1. The number of aliphatic hydroxyl groups excluding tert-OH is 1. The summed E-state index contributed by atoms with van der Waals surface area (Å²) in [4.78, 5) is 29.6. The zero-order chi connectivity index (χ0) is 22.7. The maximum absolute atomic E-state index is 12.8. The first kappa shape index (κ1) is 22.4. The van der Waals surface area contributed by atoms with Gasteiger partial charge in [0.15, 0.2) is 11.2 Å². The van der Waals surface area contributed by atoms with Crippen LogP contribution in [0.15, 0.2) is 33.9 Å². The van der Waals surface area contributed by atoms with Crippen LogP contribution in [0.1, 0.15) is 20.3 Å². The molecule has 1 aromatic carbocycles. The molecule has 0 aliphatic heterocycles. The number of aliphatic hydroxyl groups is 1. The van der Waals surface area contributed by atoms with Crippen LogP contribution < -0.4 is 26.0 Å². The van der Waals surface area contributed by atoms with Gasteiger partial charge in [0.05, 0.1) is 13.7 Å². The Morgan fingerprint density at radius 1 is 1.13 bits per heavy atom. The molecular weight excluding hydrogens is 402 g/mol. The van der Waals surface area contributed by atoms with Crippen LogP contribution in [0.25, 0.3) is 11.2 Å². The molecule has 0 bridgehead atoms. The second kappa shape index (κ2) is 9.25. The number of rotatable bonds is 9. The Bertz CT molecular complexity index is 1160. The van der Waals surface area contributed by atoms with Crippen molar-refractivity contribution in [3.63, 3.8) is 0 Å². The Labute approximate surface area is 179 Å². The van der Waals surface area contributed by atoms with Gasteiger partial charge in [-0.1, -0.05) is 6.92 Å². The van der Waals surface area contributed by atoms with E-state index < -0.39 is 17.4 Å². The van der Waals surface area contributed by atoms with Crippen LogP contribution in [0, 0.1) is 0 Å². The SMILES string of the molecule is CC[C@H](C)Nc1nc2c(c(=O)n(C)c(=O)n2C)n1C[C@H](O)COc1ccc(OC)cc1. The van der Waals surface area contributed by atoms with Crippen LogP contribution in [-0.2, 0) is 20.6 Å². The number of benzene rings is 1. The van der Waals surface area contributed by atoms with E-state index in [1.165, 1.54) is 11.6 Å². The zero-order valence-electron chi connectivity index (χ0n) is 18.5. The first-order valence-corrected chi connectivity index (χ1v) is 10.1. The Kier molecular flexibility index (Phi) is 6.69. The second-order valence-electron chi connectivity index (χ2n) is 7.52. The molecule has 0 radical (unpaired) electrons. The molecule has 10 nitrogen and oxygen atoms in total. The van der Waals surface area contributed by atoms with Crippen molar-refractivity contribution in [2.45, 2.75) is 39.0 Å². The van der Waals surface area contributed by atoms with E-state index in [1.54, 1.807) is 43.0 Å². The van der Waals surface area contributed by atoms with Gasteiger partial charge in [0.1, 0.15) is 24.2 Å². The Hall–Kier alpha value is -3.27. The highest BCUT2D eigenvalue weighted by atomic mass is 16.5. The summed E-state index contributed by atoms with van der Waals surface area (Å²) in [5.41, 5.74) is -0.409. The molecule has 0 saturated heterocycles. The molecular formula is C21H29N5O5. The van der Waals surface area contributed by atoms with E-state index in [1.807, 2.05) is 13.8 Å². The number of hydrogen-bond acceptors (Lipinski definition) is 7. The molecule has 3 rings (SSSR count). The lowest BCUT2D eigenvalue weighted by Crippen LogP contribution is -2.38. The summed E-state index contributed by atoms with van der Waals surface area (Å²) in [6, 6.07) is 7.12. The van der Waals surface area contributed by atoms with Gasteiger partial charge < -0.3 is 24.5 Å². The van der Waals surface area contributed by atoms with Crippen molar-refractivity contribution in [1.82, 2.24) is 18.7 Å². The van der Waals surface area contributed by atoms with E-state index >= 15 is 0 Å². The van der Waals surface area contributed by atoms with Crippen LogP contribution in [0.4, 0.5) is 5.95 Å². The Balaban J connectivity index is 1.91. The standard InChI is InChI=1S/C21H29N5O5/c1-6-13(2)22-20-23-18-17(19(28)25(4)21(29)24(18)3)26(20)11-14(27)12-31-16-9-7-15(30-5)8-10-16/h7-10,13-14,27H,6,11-12H2,1-5H3,(H,22,23)/t13-,14-/m0/s1. The topological polar surface area (TPSA) is 113 Å². The van der Waals surface area contributed by atoms with Crippen molar-refractivity contribution in [3.8, 4) is 11.5 Å². The van der Waals surface area contributed by atoms with E-state index in [0.29, 0.717) is 17.4 Å². The summed E-state index contributed by atoms with van der Waals surface area (Å²) >= 11 is 0. The first-order valence-electron chi connectivity index (χ1n) is 10.1. The molecule has 0 fully saturated rings. The fraction of sp³-hybridized carbons (Fsp3) is 0.476. The van der Waals surface area contributed by atoms with Gasteiger partial charge in [-0.05, 0) is 37.6 Å². The van der Waals surface area contributed by atoms with Gasteiger partial charge in [0.25, 0.3) is 5.56 Å². The van der Waals surface area contributed by atoms with Crippen molar-refractivity contribution in [2.24, 2.45) is 14.1 Å². The largest absolute Gasteiger partial charge is 0.497 e. The smallest absolute Gasteiger partial charge is 0.332 e. The summed E-state index contributed by atoms with van der Waals surface area (Å²) in [6.07, 6.45) is -0.0811. The lowest BCUT2D eigenvalue weighted by Gasteiger charge is -2.18. The van der Waals surface area contributed by atoms with Gasteiger partial charge in [-0.15, -0.1) is 0 Å². The number of hydrogen-bond donors (Lipinski definition) is 2. The van der Waals surface area contributed by atoms with Crippen LogP contribution in [0.5, 0.6) is 11.5 Å². The maximum atomic E-state index is 12.8. The summed E-state index contributed by atoms with van der Waals surface area (Å²) in [5, 5.41) is 13.9. The summed E-state index contributed by atoms with van der Waals surface area (Å²) < 4.78 is 14.8. The molecule has 10 heteroatoms. The van der Waals surface area contributed by atoms with Crippen LogP contribution in [-0.4, -0.2) is 49.7 Å². The lowest BCUT2D eigenvalue weighted by atomic mass is 10.3. The van der Waals surface area contributed by atoms with Crippen LogP contribution in [0.3, 0.4) is 0 Å². The van der Waals surface area contributed by atoms with E-state index in [-0.39, 0.29) is 30.4 Å². The fourth-order valence-corrected chi connectivity index (χ4v) is 3.18. The zero-order valence-corrected chi connectivity index (χ0v) is 18.5. The van der Waals surface area contributed by atoms with Gasteiger partial charge in [-0.3, -0.25) is 13.9 Å². The fourth-order valence-electron chi connectivity index (χ4n) is 3.18. The highest BCUT2D eigenvalue weighted by Crippen LogP contribution is 2.19. The molecule has 2 N–H and O–H groups in total. The van der Waals surface area contributed by atoms with Gasteiger partial charge in [-0.25, -0.2) is 4.79 Å². The van der Waals surface area contributed by atoms with Crippen molar-refractivity contribution >= 4 is 17.1 Å². The van der Waals surface area contributed by atoms with Crippen molar-refractivity contribution in [2.75, 3.05) is 19.0 Å². The number of ether oxygens (including phenoxy) is 2. The molecule has 2 heterocycles. The number of imidazole rings is 1. The van der Waals surface area contributed by atoms with Gasteiger partial charge >= 0.3 is 5.69 Å². The molecule has 0 spiro atoms. The van der Waals surface area contributed by atoms with E-state index in [4.69, 9.17) is 9.47 Å². The number of fused-ring (bicyclic) bond motifs is 1. The van der Waals surface area contributed by atoms with Gasteiger partial charge in [-0.2, -0.15) is 4.98 Å². The summed E-state index contributed by atoms with van der Waals surface area (Å²) in [7, 11) is 4.57. The maximum Gasteiger partial charge on any atom is 0.332 e. The highest BCUT2D eigenvalue weighted by Gasteiger charge is 2.22. The Morgan fingerprint density at radius 2 is 1.77 bits per heavy atom.